The van der Waals surface area contributed by atoms with E-state index < -0.39 is 18.8 Å². The Morgan fingerprint density at radius 1 is 1.47 bits per heavy atom. The van der Waals surface area contributed by atoms with E-state index in [1.807, 2.05) is 0 Å². The second kappa shape index (κ2) is 5.01. The first-order valence-electron chi connectivity index (χ1n) is 6.74. The fourth-order valence-corrected chi connectivity index (χ4v) is 1.55. The van der Waals surface area contributed by atoms with Crippen molar-refractivity contribution in [2.24, 2.45) is 0 Å². The van der Waals surface area contributed by atoms with E-state index >= 15 is 0 Å². The number of carboxylic acid groups (broad SMARTS) is 1. The molecule has 5 nitrogen and oxygen atoms in total. The predicted octanol–water partition coefficient (Wildman–Crippen LogP) is 2.30. The number of hydrogen-bond acceptors (Lipinski definition) is 4. The summed E-state index contributed by atoms with van der Waals surface area (Å²) >= 11 is 0. The second-order valence-corrected chi connectivity index (χ2v) is 3.74. The van der Waals surface area contributed by atoms with E-state index in [1.165, 1.54) is 19.1 Å². The number of nitrogens with zero attached hydrogens (tertiary/aromatic N) is 2. The molecule has 0 amide bonds. The molecule has 2 rings (SSSR count). The minimum atomic E-state index is -2.79. The number of carboxylic acids is 1. The summed E-state index contributed by atoms with van der Waals surface area (Å²) in [6.07, 6.45) is 1.15. The molecule has 1 aromatic carbocycles. The highest BCUT2D eigenvalue weighted by molar-refractivity contribution is 5.85. The first-order valence-corrected chi connectivity index (χ1v) is 5.24. The van der Waals surface area contributed by atoms with E-state index in [2.05, 4.69) is 9.97 Å². The zero-order valence-electron chi connectivity index (χ0n) is 12.8. The Morgan fingerprint density at radius 3 is 2.95 bits per heavy atom. The van der Waals surface area contributed by atoms with Gasteiger partial charge < -0.3 is 9.84 Å². The van der Waals surface area contributed by atoms with Gasteiger partial charge in [-0.3, -0.25) is 0 Å². The summed E-state index contributed by atoms with van der Waals surface area (Å²) in [6, 6.07) is 3.77. The molecule has 1 aromatic heterocycles. The van der Waals surface area contributed by atoms with Gasteiger partial charge in [0, 0.05) is 6.20 Å². The summed E-state index contributed by atoms with van der Waals surface area (Å²) in [5.41, 5.74) is -0.415. The van der Waals surface area contributed by atoms with Crippen LogP contribution in [0.1, 0.15) is 20.2 Å². The number of benzene rings is 1. The van der Waals surface area contributed by atoms with Gasteiger partial charge in [-0.05, 0) is 24.6 Å². The average Bonchev–Trinajstić information content (AvgIpc) is 2.42. The quantitative estimate of drug-likeness (QED) is 0.921. The molecule has 0 aliphatic rings. The van der Waals surface area contributed by atoms with Crippen LogP contribution in [0.3, 0.4) is 0 Å². The normalized spacial score (nSPS) is 13.3. The van der Waals surface area contributed by atoms with Gasteiger partial charge in [-0.15, -0.1) is 0 Å². The lowest BCUT2D eigenvalue weighted by atomic mass is 10.1. The standard InChI is InChI=1S/C13H11FN2O3/c1-7-3-4-9(19-2)10(11(7)14)12-15-6-5-8(16-12)13(17)18/h3-6H,1-2H3,(H,17,18)/i2D3. The monoisotopic (exact) mass is 265 g/mol. The second-order valence-electron chi connectivity index (χ2n) is 3.74. The van der Waals surface area contributed by atoms with Crippen LogP contribution in [0.25, 0.3) is 11.4 Å². The number of carbonyl (C=O) groups is 1. The van der Waals surface area contributed by atoms with Crippen LogP contribution < -0.4 is 4.74 Å². The zero-order chi connectivity index (χ0) is 16.5. The fourth-order valence-electron chi connectivity index (χ4n) is 1.55. The number of aromatic carboxylic acids is 1. The Balaban J connectivity index is 2.64. The van der Waals surface area contributed by atoms with Crippen molar-refractivity contribution in [1.82, 2.24) is 9.97 Å². The lowest BCUT2D eigenvalue weighted by Gasteiger charge is -2.10. The number of rotatable bonds is 3. The molecular weight excluding hydrogens is 251 g/mol. The topological polar surface area (TPSA) is 72.3 Å². The van der Waals surface area contributed by atoms with Gasteiger partial charge >= 0.3 is 5.97 Å². The van der Waals surface area contributed by atoms with Gasteiger partial charge in [0.1, 0.15) is 11.6 Å². The highest BCUT2D eigenvalue weighted by Crippen LogP contribution is 2.31. The number of aromatic nitrogens is 2. The van der Waals surface area contributed by atoms with Gasteiger partial charge in [-0.25, -0.2) is 19.2 Å². The molecule has 0 saturated heterocycles. The van der Waals surface area contributed by atoms with Gasteiger partial charge in [0.15, 0.2) is 11.5 Å². The van der Waals surface area contributed by atoms with Crippen molar-refractivity contribution >= 4 is 5.97 Å². The Labute approximate surface area is 112 Å². The molecule has 2 aromatic rings. The van der Waals surface area contributed by atoms with E-state index in [0.29, 0.717) is 0 Å². The number of aryl methyl sites for hydroxylation is 1. The molecule has 0 atom stereocenters. The molecule has 98 valence electrons. The SMILES string of the molecule is [2H]C([2H])([2H])Oc1ccc(C)c(F)c1-c1nccc(C(=O)O)n1. The number of methoxy groups -OCH3 is 1. The van der Waals surface area contributed by atoms with Gasteiger partial charge in [-0.1, -0.05) is 6.07 Å². The first-order chi connectivity index (χ1) is 10.2. The Bertz CT molecular complexity index is 735. The number of ether oxygens (including phenoxy) is 1. The van der Waals surface area contributed by atoms with Crippen LogP contribution in [-0.2, 0) is 0 Å². The van der Waals surface area contributed by atoms with E-state index in [9.17, 15) is 9.18 Å². The van der Waals surface area contributed by atoms with Crippen LogP contribution in [-0.4, -0.2) is 28.1 Å². The van der Waals surface area contributed by atoms with Crippen molar-refractivity contribution in [2.45, 2.75) is 6.92 Å². The third-order valence-electron chi connectivity index (χ3n) is 2.51. The molecule has 1 heterocycles. The van der Waals surface area contributed by atoms with Crippen molar-refractivity contribution in [2.75, 3.05) is 7.04 Å². The molecule has 0 bridgehead atoms. The molecule has 0 saturated carbocycles. The molecule has 0 spiro atoms. The minimum absolute atomic E-state index is 0.220. The summed E-state index contributed by atoms with van der Waals surface area (Å²) in [4.78, 5) is 18.5. The Kier molecular flexibility index (Phi) is 2.49. The van der Waals surface area contributed by atoms with Gasteiger partial charge in [-0.2, -0.15) is 0 Å². The summed E-state index contributed by atoms with van der Waals surface area (Å²) in [6.45, 7) is 1.47. The summed E-state index contributed by atoms with van der Waals surface area (Å²) in [7, 11) is -2.79. The van der Waals surface area contributed by atoms with Crippen LogP contribution in [0.15, 0.2) is 24.4 Å². The number of halogens is 1. The summed E-state index contributed by atoms with van der Waals surface area (Å²) in [5.74, 6) is -2.63. The first kappa shape index (κ1) is 9.43. The lowest BCUT2D eigenvalue weighted by molar-refractivity contribution is 0.0690. The van der Waals surface area contributed by atoms with Gasteiger partial charge in [0.25, 0.3) is 0 Å². The summed E-state index contributed by atoms with van der Waals surface area (Å²) < 4.78 is 40.5. The summed E-state index contributed by atoms with van der Waals surface area (Å²) in [5, 5.41) is 8.93. The van der Waals surface area contributed by atoms with E-state index in [4.69, 9.17) is 14.0 Å². The predicted molar refractivity (Wildman–Crippen MR) is 65.7 cm³/mol. The van der Waals surface area contributed by atoms with E-state index in [-0.39, 0.29) is 28.4 Å². The van der Waals surface area contributed by atoms with Gasteiger partial charge in [0.05, 0.1) is 16.7 Å². The zero-order valence-corrected chi connectivity index (χ0v) is 9.85. The molecule has 0 radical (unpaired) electrons. The highest BCUT2D eigenvalue weighted by atomic mass is 19.1. The number of hydrogen-bond donors (Lipinski definition) is 1. The molecule has 0 unspecified atom stereocenters. The third-order valence-corrected chi connectivity index (χ3v) is 2.51. The van der Waals surface area contributed by atoms with Crippen molar-refractivity contribution in [3.63, 3.8) is 0 Å². The van der Waals surface area contributed by atoms with Crippen LogP contribution in [0.2, 0.25) is 0 Å². The van der Waals surface area contributed by atoms with Crippen LogP contribution >= 0.6 is 0 Å². The van der Waals surface area contributed by atoms with Crippen molar-refractivity contribution in [1.29, 1.82) is 0 Å². The Hall–Kier alpha value is -2.50. The van der Waals surface area contributed by atoms with Crippen LogP contribution in [0.5, 0.6) is 5.75 Å². The van der Waals surface area contributed by atoms with Crippen LogP contribution in [0, 0.1) is 12.7 Å². The van der Waals surface area contributed by atoms with Crippen molar-refractivity contribution < 1.29 is 23.1 Å². The molecule has 0 fully saturated rings. The van der Waals surface area contributed by atoms with Gasteiger partial charge in [0.2, 0.25) is 0 Å². The van der Waals surface area contributed by atoms with Crippen molar-refractivity contribution in [3.05, 3.63) is 41.5 Å². The molecule has 6 heteroatoms. The largest absolute Gasteiger partial charge is 0.496 e. The average molecular weight is 265 g/mol. The van der Waals surface area contributed by atoms with E-state index in [1.54, 1.807) is 0 Å². The molecule has 0 aliphatic heterocycles. The Morgan fingerprint density at radius 2 is 2.26 bits per heavy atom. The maximum absolute atomic E-state index is 14.4. The lowest BCUT2D eigenvalue weighted by Crippen LogP contribution is -2.04. The maximum Gasteiger partial charge on any atom is 0.354 e. The maximum atomic E-state index is 14.4. The van der Waals surface area contributed by atoms with E-state index in [0.717, 1.165) is 12.3 Å². The molecule has 1 N–H and O–H groups in total. The highest BCUT2D eigenvalue weighted by Gasteiger charge is 2.18. The smallest absolute Gasteiger partial charge is 0.354 e. The molecule has 19 heavy (non-hydrogen) atoms. The van der Waals surface area contributed by atoms with Crippen LogP contribution in [0.4, 0.5) is 4.39 Å². The molecule has 0 aliphatic carbocycles. The van der Waals surface area contributed by atoms with Crippen molar-refractivity contribution in [3.8, 4) is 17.1 Å². The fraction of sp³-hybridized carbons (Fsp3) is 0.154. The third kappa shape index (κ3) is 2.37. The minimum Gasteiger partial charge on any atom is -0.496 e. The molecular formula is C13H11FN2O3.